The van der Waals surface area contributed by atoms with Crippen molar-refractivity contribution in [3.63, 3.8) is 0 Å². The summed E-state index contributed by atoms with van der Waals surface area (Å²) in [6, 6.07) is 4.92. The quantitative estimate of drug-likeness (QED) is 0.868. The van der Waals surface area contributed by atoms with Gasteiger partial charge >= 0.3 is 0 Å². The van der Waals surface area contributed by atoms with E-state index in [0.717, 1.165) is 6.54 Å². The Morgan fingerprint density at radius 2 is 2.21 bits per heavy atom. The normalized spacial score (nSPS) is 19.5. The molecule has 0 amide bonds. The average molecular weight is 260 g/mol. The van der Waals surface area contributed by atoms with Crippen LogP contribution in [0.15, 0.2) is 18.3 Å². The molecule has 2 nitrogen and oxygen atoms in total. The highest BCUT2D eigenvalue weighted by molar-refractivity contribution is 5.27. The Labute approximate surface area is 118 Å². The van der Waals surface area contributed by atoms with Crippen LogP contribution in [0.3, 0.4) is 0 Å². The van der Waals surface area contributed by atoms with Gasteiger partial charge in [-0.15, -0.1) is 0 Å². The number of pyridine rings is 1. The maximum Gasteiger partial charge on any atom is 0.0471 e. The Balaban J connectivity index is 2.08. The predicted molar refractivity (Wildman–Crippen MR) is 81.5 cm³/mol. The summed E-state index contributed by atoms with van der Waals surface area (Å²) < 4.78 is 0. The van der Waals surface area contributed by atoms with E-state index in [0.29, 0.717) is 17.4 Å². The van der Waals surface area contributed by atoms with Gasteiger partial charge in [-0.05, 0) is 49.3 Å². The molecular weight excluding hydrogens is 232 g/mol. The van der Waals surface area contributed by atoms with Gasteiger partial charge in [0, 0.05) is 23.9 Å². The molecule has 2 rings (SSSR count). The molecule has 0 bridgehead atoms. The number of hydrogen-bond donors (Lipinski definition) is 1. The van der Waals surface area contributed by atoms with Crippen LogP contribution in [0.2, 0.25) is 0 Å². The SMILES string of the molecule is CC(C)NCCC(C)(C)C1CCCc2cccnc21. The fourth-order valence-corrected chi connectivity index (χ4v) is 3.23. The zero-order valence-corrected chi connectivity index (χ0v) is 12.9. The summed E-state index contributed by atoms with van der Waals surface area (Å²) in [4.78, 5) is 4.69. The van der Waals surface area contributed by atoms with Gasteiger partial charge in [0.1, 0.15) is 0 Å². The van der Waals surface area contributed by atoms with Crippen LogP contribution in [-0.2, 0) is 6.42 Å². The molecule has 0 aliphatic heterocycles. The molecule has 19 heavy (non-hydrogen) atoms. The van der Waals surface area contributed by atoms with E-state index in [1.807, 2.05) is 6.20 Å². The largest absolute Gasteiger partial charge is 0.315 e. The summed E-state index contributed by atoms with van der Waals surface area (Å²) in [6.45, 7) is 10.3. The van der Waals surface area contributed by atoms with Gasteiger partial charge in [-0.25, -0.2) is 0 Å². The standard InChI is InChI=1S/C17H28N2/c1-13(2)18-12-10-17(3,4)15-9-5-7-14-8-6-11-19-16(14)15/h6,8,11,13,15,18H,5,7,9-10,12H2,1-4H3. The second-order valence-electron chi connectivity index (χ2n) is 6.84. The number of aromatic nitrogens is 1. The molecule has 0 spiro atoms. The Bertz CT molecular complexity index is 409. The average Bonchev–Trinajstić information content (AvgIpc) is 2.37. The van der Waals surface area contributed by atoms with Crippen molar-refractivity contribution >= 4 is 0 Å². The third kappa shape index (κ3) is 3.56. The van der Waals surface area contributed by atoms with Crippen molar-refractivity contribution in [1.82, 2.24) is 10.3 Å². The smallest absolute Gasteiger partial charge is 0.0471 e. The molecule has 1 heterocycles. The van der Waals surface area contributed by atoms with E-state index in [-0.39, 0.29) is 0 Å². The second-order valence-corrected chi connectivity index (χ2v) is 6.84. The topological polar surface area (TPSA) is 24.9 Å². The summed E-state index contributed by atoms with van der Waals surface area (Å²) in [7, 11) is 0. The fourth-order valence-electron chi connectivity index (χ4n) is 3.23. The third-order valence-corrected chi connectivity index (χ3v) is 4.46. The number of aryl methyl sites for hydroxylation is 1. The fraction of sp³-hybridized carbons (Fsp3) is 0.706. The van der Waals surface area contributed by atoms with Crippen molar-refractivity contribution in [3.05, 3.63) is 29.6 Å². The summed E-state index contributed by atoms with van der Waals surface area (Å²) in [5.74, 6) is 0.617. The van der Waals surface area contributed by atoms with E-state index in [4.69, 9.17) is 0 Å². The van der Waals surface area contributed by atoms with E-state index in [1.165, 1.54) is 36.9 Å². The predicted octanol–water partition coefficient (Wildman–Crippen LogP) is 3.92. The lowest BCUT2D eigenvalue weighted by Gasteiger charge is -2.38. The summed E-state index contributed by atoms with van der Waals surface area (Å²) in [5.41, 5.74) is 3.16. The van der Waals surface area contributed by atoms with Crippen LogP contribution >= 0.6 is 0 Å². The number of fused-ring (bicyclic) bond motifs is 1. The zero-order chi connectivity index (χ0) is 13.9. The minimum atomic E-state index is 0.325. The Hall–Kier alpha value is -0.890. The van der Waals surface area contributed by atoms with Gasteiger partial charge in [-0.3, -0.25) is 4.98 Å². The summed E-state index contributed by atoms with van der Waals surface area (Å²) in [6.07, 6.45) is 6.98. The molecule has 106 valence electrons. The van der Waals surface area contributed by atoms with Crippen LogP contribution in [0.4, 0.5) is 0 Å². The molecule has 0 fully saturated rings. The van der Waals surface area contributed by atoms with Gasteiger partial charge in [0.15, 0.2) is 0 Å². The van der Waals surface area contributed by atoms with Gasteiger partial charge in [-0.1, -0.05) is 33.8 Å². The maximum atomic E-state index is 4.69. The Morgan fingerprint density at radius 1 is 1.42 bits per heavy atom. The van der Waals surface area contributed by atoms with Gasteiger partial charge in [0.2, 0.25) is 0 Å². The van der Waals surface area contributed by atoms with Crippen LogP contribution in [-0.4, -0.2) is 17.6 Å². The Morgan fingerprint density at radius 3 is 2.95 bits per heavy atom. The molecule has 1 aliphatic carbocycles. The van der Waals surface area contributed by atoms with Gasteiger partial charge < -0.3 is 5.32 Å². The van der Waals surface area contributed by atoms with Gasteiger partial charge in [0.25, 0.3) is 0 Å². The van der Waals surface area contributed by atoms with Gasteiger partial charge in [-0.2, -0.15) is 0 Å². The van der Waals surface area contributed by atoms with Crippen LogP contribution in [0, 0.1) is 5.41 Å². The molecule has 1 unspecified atom stereocenters. The molecule has 0 radical (unpaired) electrons. The molecule has 2 heteroatoms. The van der Waals surface area contributed by atoms with Crippen molar-refractivity contribution in [3.8, 4) is 0 Å². The van der Waals surface area contributed by atoms with Crippen molar-refractivity contribution in [1.29, 1.82) is 0 Å². The number of nitrogens with one attached hydrogen (secondary N) is 1. The summed E-state index contributed by atoms with van der Waals surface area (Å²) in [5, 5.41) is 3.54. The van der Waals surface area contributed by atoms with Crippen LogP contribution in [0.5, 0.6) is 0 Å². The van der Waals surface area contributed by atoms with Crippen molar-refractivity contribution < 1.29 is 0 Å². The van der Waals surface area contributed by atoms with Crippen molar-refractivity contribution in [2.75, 3.05) is 6.54 Å². The number of rotatable bonds is 5. The molecule has 1 aromatic rings. The van der Waals surface area contributed by atoms with Crippen LogP contribution < -0.4 is 5.32 Å². The lowest BCUT2D eigenvalue weighted by molar-refractivity contribution is 0.230. The highest BCUT2D eigenvalue weighted by Gasteiger charge is 2.34. The molecule has 0 saturated heterocycles. The monoisotopic (exact) mass is 260 g/mol. The minimum Gasteiger partial charge on any atom is -0.315 e. The molecule has 1 aliphatic rings. The number of hydrogen-bond acceptors (Lipinski definition) is 2. The first-order valence-corrected chi connectivity index (χ1v) is 7.68. The molecule has 1 aromatic heterocycles. The minimum absolute atomic E-state index is 0.325. The summed E-state index contributed by atoms with van der Waals surface area (Å²) >= 11 is 0. The lowest BCUT2D eigenvalue weighted by Crippen LogP contribution is -2.32. The highest BCUT2D eigenvalue weighted by Crippen LogP contribution is 2.44. The van der Waals surface area contributed by atoms with E-state index in [2.05, 4.69) is 50.1 Å². The highest BCUT2D eigenvalue weighted by atomic mass is 14.9. The second kappa shape index (κ2) is 6.04. The van der Waals surface area contributed by atoms with Gasteiger partial charge in [0.05, 0.1) is 0 Å². The first-order chi connectivity index (χ1) is 9.00. The maximum absolute atomic E-state index is 4.69. The van der Waals surface area contributed by atoms with Crippen molar-refractivity contribution in [2.45, 2.75) is 65.3 Å². The van der Waals surface area contributed by atoms with E-state index in [1.54, 1.807) is 0 Å². The third-order valence-electron chi connectivity index (χ3n) is 4.46. The van der Waals surface area contributed by atoms with E-state index < -0.39 is 0 Å². The molecular formula is C17H28N2. The van der Waals surface area contributed by atoms with E-state index in [9.17, 15) is 0 Å². The number of nitrogens with zero attached hydrogens (tertiary/aromatic N) is 1. The van der Waals surface area contributed by atoms with E-state index >= 15 is 0 Å². The lowest BCUT2D eigenvalue weighted by atomic mass is 9.68. The molecule has 0 aromatic carbocycles. The first-order valence-electron chi connectivity index (χ1n) is 7.68. The molecule has 0 saturated carbocycles. The molecule has 1 N–H and O–H groups in total. The zero-order valence-electron chi connectivity index (χ0n) is 12.9. The van der Waals surface area contributed by atoms with Crippen LogP contribution in [0.1, 0.15) is 64.1 Å². The Kier molecular flexibility index (Phi) is 4.62. The van der Waals surface area contributed by atoms with Crippen molar-refractivity contribution in [2.24, 2.45) is 5.41 Å². The van der Waals surface area contributed by atoms with Crippen LogP contribution in [0.25, 0.3) is 0 Å². The first kappa shape index (κ1) is 14.5. The molecule has 1 atom stereocenters.